The molecule has 1 unspecified atom stereocenters. The van der Waals surface area contributed by atoms with Gasteiger partial charge in [-0.05, 0) is 35.9 Å². The van der Waals surface area contributed by atoms with Crippen molar-refractivity contribution in [3.8, 4) is 6.01 Å². The first kappa shape index (κ1) is 23.6. The fourth-order valence-electron chi connectivity index (χ4n) is 2.32. The van der Waals surface area contributed by atoms with Gasteiger partial charge in [0.25, 0.3) is 0 Å². The molecule has 0 aliphatic heterocycles. The van der Waals surface area contributed by atoms with E-state index in [2.05, 4.69) is 30.3 Å². The minimum absolute atomic E-state index is 0.119. The lowest BCUT2D eigenvalue weighted by Gasteiger charge is -2.12. The van der Waals surface area contributed by atoms with Gasteiger partial charge in [-0.1, -0.05) is 23.7 Å². The maximum absolute atomic E-state index is 13.3. The molecular weight excluding hydrogens is 478 g/mol. The highest BCUT2D eigenvalue weighted by Crippen LogP contribution is 2.23. The molecule has 3 rings (SSSR count). The summed E-state index contributed by atoms with van der Waals surface area (Å²) < 4.78 is 77.4. The summed E-state index contributed by atoms with van der Waals surface area (Å²) in [6.45, 7) is -1.49. The van der Waals surface area contributed by atoms with Crippen LogP contribution in [0.5, 0.6) is 6.01 Å². The number of nitrogens with one attached hydrogen (secondary N) is 2. The Bertz CT molecular complexity index is 1120. The Labute approximate surface area is 186 Å². The van der Waals surface area contributed by atoms with Gasteiger partial charge in [0, 0.05) is 12.2 Å². The van der Waals surface area contributed by atoms with Crippen molar-refractivity contribution >= 4 is 40.3 Å². The molecule has 1 heterocycles. The summed E-state index contributed by atoms with van der Waals surface area (Å²) in [5, 5.41) is 5.30. The number of ether oxygens (including phenoxy) is 1. The third-order valence-electron chi connectivity index (χ3n) is 3.75. The monoisotopic (exact) mass is 491 g/mol. The molecule has 0 spiro atoms. The van der Waals surface area contributed by atoms with E-state index >= 15 is 0 Å². The molecule has 1 atom stereocenters. The number of anilines is 3. The summed E-state index contributed by atoms with van der Waals surface area (Å²) in [5.74, 6) is -0.954. The molecule has 0 amide bonds. The molecule has 14 heteroatoms. The van der Waals surface area contributed by atoms with Crippen LogP contribution in [0.15, 0.2) is 47.4 Å². The van der Waals surface area contributed by atoms with Crippen LogP contribution >= 0.6 is 11.6 Å². The lowest BCUT2D eigenvalue weighted by atomic mass is 10.2. The third kappa shape index (κ3) is 7.00. The number of thiol groups is 1. The zero-order valence-corrected chi connectivity index (χ0v) is 17.5. The molecule has 32 heavy (non-hydrogen) atoms. The second kappa shape index (κ2) is 10.1. The van der Waals surface area contributed by atoms with E-state index in [9.17, 15) is 26.3 Å². The third-order valence-corrected chi connectivity index (χ3v) is 4.76. The van der Waals surface area contributed by atoms with E-state index in [1.54, 1.807) is 12.1 Å². The van der Waals surface area contributed by atoms with Crippen LogP contribution in [0.1, 0.15) is 5.56 Å². The molecule has 0 radical (unpaired) electrons. The summed E-state index contributed by atoms with van der Waals surface area (Å²) in [4.78, 5) is 11.7. The van der Waals surface area contributed by atoms with Gasteiger partial charge >= 0.3 is 12.2 Å². The number of alkyl halides is 3. The number of benzene rings is 2. The highest BCUT2D eigenvalue weighted by molar-refractivity contribution is 7.79. The minimum atomic E-state index is -4.61. The average Bonchev–Trinajstić information content (AvgIpc) is 2.73. The molecule has 1 aromatic heterocycles. The molecule has 0 aliphatic carbocycles. The van der Waals surface area contributed by atoms with Gasteiger partial charge in [-0.3, -0.25) is 0 Å². The van der Waals surface area contributed by atoms with E-state index in [4.69, 9.17) is 11.6 Å². The summed E-state index contributed by atoms with van der Waals surface area (Å²) in [5.41, 5.74) is 0.932. The number of rotatable bonds is 8. The quantitative estimate of drug-likeness (QED) is 0.274. The first-order valence-corrected chi connectivity index (χ1v) is 10.3. The van der Waals surface area contributed by atoms with E-state index in [1.807, 2.05) is 0 Å². The van der Waals surface area contributed by atoms with Crippen LogP contribution in [-0.4, -0.2) is 32.3 Å². The van der Waals surface area contributed by atoms with Gasteiger partial charge in [0.1, 0.15) is 5.82 Å². The molecule has 2 N–H and O–H groups in total. The Morgan fingerprint density at radius 3 is 2.38 bits per heavy atom. The SMILES string of the molecule is O=[SH+]([O-])c1ccc(CNc2nc(Nc3ccc(F)c(Cl)c3)nc(OCC(F)(F)F)n2)cc1. The molecule has 0 aliphatic rings. The van der Waals surface area contributed by atoms with Crippen molar-refractivity contribution in [2.24, 2.45) is 0 Å². The van der Waals surface area contributed by atoms with Crippen LogP contribution in [0, 0.1) is 5.82 Å². The van der Waals surface area contributed by atoms with Crippen LogP contribution < -0.4 is 15.4 Å². The largest absolute Gasteiger partial charge is 0.612 e. The highest BCUT2D eigenvalue weighted by Gasteiger charge is 2.29. The van der Waals surface area contributed by atoms with E-state index in [0.717, 1.165) is 6.07 Å². The van der Waals surface area contributed by atoms with E-state index in [1.165, 1.54) is 24.3 Å². The molecule has 170 valence electrons. The molecular formula is C18H14ClF4N5O3S. The van der Waals surface area contributed by atoms with Crippen molar-refractivity contribution < 1.29 is 31.1 Å². The summed E-state index contributed by atoms with van der Waals surface area (Å²) in [6, 6.07) is 8.96. The molecule has 3 aromatic rings. The Hall–Kier alpha value is -3.03. The second-order valence-electron chi connectivity index (χ2n) is 6.20. The summed E-state index contributed by atoms with van der Waals surface area (Å²) in [7, 11) is 0. The smallest absolute Gasteiger partial charge is 0.422 e. The van der Waals surface area contributed by atoms with Crippen molar-refractivity contribution in [3.63, 3.8) is 0 Å². The summed E-state index contributed by atoms with van der Waals surface area (Å²) >= 11 is 3.01. The van der Waals surface area contributed by atoms with E-state index in [0.29, 0.717) is 5.56 Å². The van der Waals surface area contributed by atoms with Gasteiger partial charge in [0.05, 0.1) is 16.1 Å². The highest BCUT2D eigenvalue weighted by atomic mass is 35.5. The molecule has 2 aromatic carbocycles. The van der Waals surface area contributed by atoms with Gasteiger partial charge in [-0.15, -0.1) is 4.21 Å². The Morgan fingerprint density at radius 1 is 1.06 bits per heavy atom. The van der Waals surface area contributed by atoms with Crippen molar-refractivity contribution in [3.05, 3.63) is 58.9 Å². The number of hydrogen-bond acceptors (Lipinski definition) is 8. The topological polar surface area (TPSA) is 112 Å². The van der Waals surface area contributed by atoms with Crippen LogP contribution in [0.25, 0.3) is 0 Å². The fraction of sp³-hybridized carbons (Fsp3) is 0.167. The number of nitrogens with zero attached hydrogens (tertiary/aromatic N) is 3. The lowest BCUT2D eigenvalue weighted by Crippen LogP contribution is -2.21. The maximum atomic E-state index is 13.3. The first-order valence-electron chi connectivity index (χ1n) is 8.74. The molecule has 0 bridgehead atoms. The maximum Gasteiger partial charge on any atom is 0.422 e. The second-order valence-corrected chi connectivity index (χ2v) is 7.64. The van der Waals surface area contributed by atoms with Crippen LogP contribution in [0.2, 0.25) is 5.02 Å². The van der Waals surface area contributed by atoms with Gasteiger partial charge in [-0.2, -0.15) is 28.1 Å². The van der Waals surface area contributed by atoms with Gasteiger partial charge in [-0.25, -0.2) is 4.39 Å². The van der Waals surface area contributed by atoms with Crippen LogP contribution in [0.3, 0.4) is 0 Å². The van der Waals surface area contributed by atoms with E-state index in [-0.39, 0.29) is 34.0 Å². The number of aromatic nitrogens is 3. The average molecular weight is 492 g/mol. The Kier molecular flexibility index (Phi) is 7.43. The molecule has 0 fully saturated rings. The Morgan fingerprint density at radius 2 is 1.75 bits per heavy atom. The van der Waals surface area contributed by atoms with Gasteiger partial charge < -0.3 is 19.9 Å². The zero-order chi connectivity index (χ0) is 23.3. The standard InChI is InChI=1S/C18H14ClF4N5O3S/c19-13-7-11(3-6-14(13)20)25-16-26-15(27-17(28-16)31-9-18(21,22)23)24-8-10-1-4-12(5-2-10)32(29)30/h1-7,32H,8-9H2,(H2-,24,25,26,27,28,29,30). The van der Waals surface area contributed by atoms with Crippen LogP contribution in [-0.2, 0) is 21.8 Å². The normalized spacial score (nSPS) is 12.3. The zero-order valence-electron chi connectivity index (χ0n) is 15.9. The van der Waals surface area contributed by atoms with E-state index < -0.39 is 35.7 Å². The number of hydrogen-bond donors (Lipinski definition) is 2. The van der Waals surface area contributed by atoms with Crippen molar-refractivity contribution in [2.75, 3.05) is 17.2 Å². The Balaban J connectivity index is 1.80. The van der Waals surface area contributed by atoms with Crippen molar-refractivity contribution in [1.29, 1.82) is 0 Å². The molecule has 0 saturated heterocycles. The van der Waals surface area contributed by atoms with Gasteiger partial charge in [0.15, 0.2) is 11.5 Å². The predicted molar refractivity (Wildman–Crippen MR) is 108 cm³/mol. The van der Waals surface area contributed by atoms with Crippen molar-refractivity contribution in [1.82, 2.24) is 15.0 Å². The van der Waals surface area contributed by atoms with Crippen LogP contribution in [0.4, 0.5) is 35.1 Å². The molecule has 0 saturated carbocycles. The minimum Gasteiger partial charge on any atom is -0.612 e. The van der Waals surface area contributed by atoms with Crippen molar-refractivity contribution in [2.45, 2.75) is 17.6 Å². The number of halogens is 5. The molecule has 8 nitrogen and oxygen atoms in total. The van der Waals surface area contributed by atoms with Gasteiger partial charge in [0.2, 0.25) is 11.9 Å². The summed E-state index contributed by atoms with van der Waals surface area (Å²) in [6.07, 6.45) is -4.61. The fourth-order valence-corrected chi connectivity index (χ4v) is 2.90. The predicted octanol–water partition coefficient (Wildman–Crippen LogP) is 4.15. The lowest BCUT2D eigenvalue weighted by molar-refractivity contribution is -0.154. The first-order chi connectivity index (χ1) is 15.1.